The zero-order valence-corrected chi connectivity index (χ0v) is 18.2. The molecule has 0 aliphatic carbocycles. The van der Waals surface area contributed by atoms with E-state index in [0.29, 0.717) is 11.4 Å². The molecule has 7 heteroatoms. The Kier molecular flexibility index (Phi) is 6.94. The lowest BCUT2D eigenvalue weighted by Gasteiger charge is -2.26. The number of hydrogen-bond donors (Lipinski definition) is 0. The minimum absolute atomic E-state index is 0.660. The summed E-state index contributed by atoms with van der Waals surface area (Å²) in [5.41, 5.74) is 2.02. The zero-order valence-electron chi connectivity index (χ0n) is 17.4. The summed E-state index contributed by atoms with van der Waals surface area (Å²) in [6, 6.07) is 18.3. The second-order valence-electron chi connectivity index (χ2n) is 7.37. The third-order valence-electron chi connectivity index (χ3n) is 5.17. The molecular weight excluding hydrogens is 396 g/mol. The monoisotopic (exact) mass is 424 g/mol. The Hall–Kier alpha value is -2.48. The van der Waals surface area contributed by atoms with Crippen LogP contribution in [0.4, 0.5) is 0 Å². The molecule has 3 aromatic rings. The van der Waals surface area contributed by atoms with E-state index in [1.54, 1.807) is 0 Å². The first-order valence-corrected chi connectivity index (χ1v) is 11.0. The van der Waals surface area contributed by atoms with Gasteiger partial charge in [0.2, 0.25) is 4.77 Å². The van der Waals surface area contributed by atoms with Gasteiger partial charge in [-0.1, -0.05) is 31.5 Å². The fourth-order valence-corrected chi connectivity index (χ4v) is 3.75. The summed E-state index contributed by atoms with van der Waals surface area (Å²) in [5.74, 6) is 1.71. The van der Waals surface area contributed by atoms with Crippen molar-refractivity contribution in [2.24, 2.45) is 0 Å². The van der Waals surface area contributed by atoms with Crippen LogP contribution < -0.4 is 4.74 Å². The van der Waals surface area contributed by atoms with E-state index in [4.69, 9.17) is 26.8 Å². The lowest BCUT2D eigenvalue weighted by atomic mass is 10.2. The summed E-state index contributed by atoms with van der Waals surface area (Å²) in [6.07, 6.45) is 2.18. The predicted molar refractivity (Wildman–Crippen MR) is 121 cm³/mol. The summed E-state index contributed by atoms with van der Waals surface area (Å²) >= 11 is 5.84. The van der Waals surface area contributed by atoms with Crippen molar-refractivity contribution < 1.29 is 9.47 Å². The molecule has 158 valence electrons. The number of ether oxygens (including phenoxy) is 2. The van der Waals surface area contributed by atoms with Gasteiger partial charge in [0.1, 0.15) is 5.75 Å². The molecule has 1 aliphatic heterocycles. The van der Waals surface area contributed by atoms with E-state index in [9.17, 15) is 0 Å². The van der Waals surface area contributed by atoms with E-state index in [1.165, 1.54) is 0 Å². The molecule has 0 bridgehead atoms. The van der Waals surface area contributed by atoms with Crippen LogP contribution in [0.15, 0.2) is 54.6 Å². The van der Waals surface area contributed by atoms with E-state index in [1.807, 2.05) is 39.6 Å². The van der Waals surface area contributed by atoms with Gasteiger partial charge in [0.05, 0.1) is 26.5 Å². The lowest BCUT2D eigenvalue weighted by molar-refractivity contribution is 0.0210. The summed E-state index contributed by atoms with van der Waals surface area (Å²) in [4.78, 5) is 2.32. The SMILES string of the molecule is CCCCOc1ccc(-c2nn(CN3CCOCC3)c(=S)n2-c2ccccc2)cc1. The Labute approximate surface area is 182 Å². The van der Waals surface area contributed by atoms with Gasteiger partial charge in [-0.15, -0.1) is 5.10 Å². The van der Waals surface area contributed by atoms with Crippen molar-refractivity contribution >= 4 is 12.2 Å². The summed E-state index contributed by atoms with van der Waals surface area (Å²) in [5, 5.41) is 4.91. The molecule has 1 fully saturated rings. The minimum Gasteiger partial charge on any atom is -0.494 e. The number of aromatic nitrogens is 3. The highest BCUT2D eigenvalue weighted by atomic mass is 32.1. The van der Waals surface area contributed by atoms with Crippen LogP contribution in [-0.2, 0) is 11.4 Å². The molecule has 4 rings (SSSR count). The van der Waals surface area contributed by atoms with Gasteiger partial charge in [-0.2, -0.15) is 0 Å². The molecule has 0 saturated carbocycles. The standard InChI is InChI=1S/C23H28N4O2S/c1-2-3-15-29-21-11-9-19(10-12-21)22-24-26(18-25-13-16-28-17-14-25)23(30)27(22)20-7-5-4-6-8-20/h4-12H,2-3,13-18H2,1H3. The van der Waals surface area contributed by atoms with Crippen LogP contribution in [0.3, 0.4) is 0 Å². The van der Waals surface area contributed by atoms with Crippen molar-refractivity contribution in [2.45, 2.75) is 26.4 Å². The van der Waals surface area contributed by atoms with E-state index in [2.05, 4.69) is 36.1 Å². The number of morpholine rings is 1. The first-order chi connectivity index (χ1) is 14.8. The zero-order chi connectivity index (χ0) is 20.8. The maximum absolute atomic E-state index is 5.84. The molecule has 1 aliphatic rings. The van der Waals surface area contributed by atoms with Crippen LogP contribution in [0.5, 0.6) is 5.75 Å². The average Bonchev–Trinajstić information content (AvgIpc) is 3.11. The Morgan fingerprint density at radius 1 is 1.03 bits per heavy atom. The van der Waals surface area contributed by atoms with Gasteiger partial charge in [0.15, 0.2) is 5.82 Å². The van der Waals surface area contributed by atoms with Crippen molar-refractivity contribution in [3.05, 3.63) is 59.4 Å². The molecule has 2 aromatic carbocycles. The highest BCUT2D eigenvalue weighted by Crippen LogP contribution is 2.25. The third kappa shape index (κ3) is 4.80. The molecule has 1 aromatic heterocycles. The first kappa shape index (κ1) is 20.8. The largest absolute Gasteiger partial charge is 0.494 e. The van der Waals surface area contributed by atoms with Gasteiger partial charge in [-0.3, -0.25) is 9.47 Å². The topological polar surface area (TPSA) is 44.4 Å². The maximum atomic E-state index is 5.84. The number of hydrogen-bond acceptors (Lipinski definition) is 5. The van der Waals surface area contributed by atoms with Crippen LogP contribution in [0, 0.1) is 4.77 Å². The van der Waals surface area contributed by atoms with Crippen LogP contribution in [0.25, 0.3) is 17.1 Å². The second-order valence-corrected chi connectivity index (χ2v) is 7.74. The van der Waals surface area contributed by atoms with Crippen molar-refractivity contribution in [3.8, 4) is 22.8 Å². The molecule has 2 heterocycles. The van der Waals surface area contributed by atoms with E-state index >= 15 is 0 Å². The highest BCUT2D eigenvalue weighted by Gasteiger charge is 2.17. The molecule has 0 spiro atoms. The van der Waals surface area contributed by atoms with Gasteiger partial charge in [0, 0.05) is 24.3 Å². The van der Waals surface area contributed by atoms with Crippen LogP contribution >= 0.6 is 12.2 Å². The smallest absolute Gasteiger partial charge is 0.204 e. The van der Waals surface area contributed by atoms with Crippen LogP contribution in [0.1, 0.15) is 19.8 Å². The average molecular weight is 425 g/mol. The lowest BCUT2D eigenvalue weighted by Crippen LogP contribution is -2.37. The van der Waals surface area contributed by atoms with Crippen molar-refractivity contribution in [2.75, 3.05) is 32.9 Å². The van der Waals surface area contributed by atoms with Crippen molar-refractivity contribution in [1.29, 1.82) is 0 Å². The molecule has 1 saturated heterocycles. The quantitative estimate of drug-likeness (QED) is 0.392. The molecule has 30 heavy (non-hydrogen) atoms. The molecule has 0 amide bonds. The van der Waals surface area contributed by atoms with E-state index in [0.717, 1.165) is 68.6 Å². The minimum atomic E-state index is 0.660. The number of nitrogens with zero attached hydrogens (tertiary/aromatic N) is 4. The molecular formula is C23H28N4O2S. The third-order valence-corrected chi connectivity index (χ3v) is 5.56. The van der Waals surface area contributed by atoms with Crippen LogP contribution in [-0.4, -0.2) is 52.2 Å². The Balaban J connectivity index is 1.67. The molecule has 0 N–H and O–H groups in total. The van der Waals surface area contributed by atoms with Gasteiger partial charge in [-0.05, 0) is 55.0 Å². The molecule has 0 unspecified atom stereocenters. The van der Waals surface area contributed by atoms with Gasteiger partial charge in [0.25, 0.3) is 0 Å². The highest BCUT2D eigenvalue weighted by molar-refractivity contribution is 7.71. The van der Waals surface area contributed by atoms with E-state index in [-0.39, 0.29) is 0 Å². The first-order valence-electron chi connectivity index (χ1n) is 10.5. The van der Waals surface area contributed by atoms with E-state index < -0.39 is 0 Å². The maximum Gasteiger partial charge on any atom is 0.204 e. The number of unbranched alkanes of at least 4 members (excludes halogenated alkanes) is 1. The van der Waals surface area contributed by atoms with Crippen molar-refractivity contribution in [3.63, 3.8) is 0 Å². The predicted octanol–water partition coefficient (Wildman–Crippen LogP) is 4.54. The summed E-state index contributed by atoms with van der Waals surface area (Å²) < 4.78 is 15.9. The summed E-state index contributed by atoms with van der Waals surface area (Å²) in [6.45, 7) is 6.84. The molecule has 0 radical (unpaired) electrons. The number of rotatable bonds is 8. The fourth-order valence-electron chi connectivity index (χ4n) is 3.46. The molecule has 0 atom stereocenters. The van der Waals surface area contributed by atoms with Gasteiger partial charge >= 0.3 is 0 Å². The van der Waals surface area contributed by atoms with Gasteiger partial charge < -0.3 is 9.47 Å². The van der Waals surface area contributed by atoms with Crippen molar-refractivity contribution in [1.82, 2.24) is 19.2 Å². The Bertz CT molecular complexity index is 992. The Morgan fingerprint density at radius 3 is 2.47 bits per heavy atom. The normalized spacial score (nSPS) is 14.7. The second kappa shape index (κ2) is 10.0. The number of para-hydroxylation sites is 1. The van der Waals surface area contributed by atoms with Gasteiger partial charge in [-0.25, -0.2) is 4.68 Å². The number of benzene rings is 2. The summed E-state index contributed by atoms with van der Waals surface area (Å²) in [7, 11) is 0. The Morgan fingerprint density at radius 2 is 1.77 bits per heavy atom. The fraction of sp³-hybridized carbons (Fsp3) is 0.391. The molecule has 6 nitrogen and oxygen atoms in total. The van der Waals surface area contributed by atoms with Crippen LogP contribution in [0.2, 0.25) is 0 Å².